The summed E-state index contributed by atoms with van der Waals surface area (Å²) < 4.78 is 54.6. The van der Waals surface area contributed by atoms with Gasteiger partial charge in [0, 0.05) is 24.6 Å². The quantitative estimate of drug-likeness (QED) is 0.942. The van der Waals surface area contributed by atoms with E-state index in [1.165, 1.54) is 4.68 Å². The number of hydrogen-bond acceptors (Lipinski definition) is 3. The number of anilines is 1. The first-order valence-corrected chi connectivity index (χ1v) is 8.01. The highest BCUT2D eigenvalue weighted by atomic mass is 32.2. The molecule has 0 unspecified atom stereocenters. The maximum absolute atomic E-state index is 13.7. The molecule has 2 rings (SSSR count). The second-order valence-corrected chi connectivity index (χ2v) is 7.62. The molecule has 0 aliphatic rings. The molecule has 0 atom stereocenters. The topological polar surface area (TPSA) is 64.0 Å². The van der Waals surface area contributed by atoms with Crippen LogP contribution in [0.15, 0.2) is 29.2 Å². The van der Waals surface area contributed by atoms with Crippen LogP contribution in [0, 0.1) is 11.6 Å². The molecule has 1 aromatic heterocycles. The van der Waals surface area contributed by atoms with E-state index in [0.717, 1.165) is 12.1 Å². The lowest BCUT2D eigenvalue weighted by Crippen LogP contribution is -2.16. The molecule has 0 aliphatic heterocycles. The Balaban J connectivity index is 2.39. The highest BCUT2D eigenvalue weighted by Crippen LogP contribution is 2.25. The van der Waals surface area contributed by atoms with Gasteiger partial charge >= 0.3 is 0 Å². The number of aryl methyl sites for hydroxylation is 1. The SMILES string of the molecule is Cn1nc(C(C)(C)C)cc1NS(=O)(=O)c1ccc(F)cc1F. The number of hydrogen-bond donors (Lipinski definition) is 1. The largest absolute Gasteiger partial charge is 0.265 e. The minimum absolute atomic E-state index is 0.202. The third kappa shape index (κ3) is 3.27. The maximum Gasteiger partial charge on any atom is 0.265 e. The van der Waals surface area contributed by atoms with E-state index < -0.39 is 26.6 Å². The van der Waals surface area contributed by atoms with Crippen LogP contribution in [0.5, 0.6) is 0 Å². The number of aromatic nitrogens is 2. The molecule has 0 saturated carbocycles. The fraction of sp³-hybridized carbons (Fsp3) is 0.357. The van der Waals surface area contributed by atoms with E-state index in [0.29, 0.717) is 11.8 Å². The van der Waals surface area contributed by atoms with Gasteiger partial charge in [-0.25, -0.2) is 17.2 Å². The summed E-state index contributed by atoms with van der Waals surface area (Å²) in [6, 6.07) is 3.88. The second kappa shape index (κ2) is 5.35. The van der Waals surface area contributed by atoms with Crippen molar-refractivity contribution in [3.05, 3.63) is 41.6 Å². The van der Waals surface area contributed by atoms with Crippen LogP contribution in [-0.2, 0) is 22.5 Å². The van der Waals surface area contributed by atoms with E-state index in [9.17, 15) is 17.2 Å². The number of benzene rings is 1. The van der Waals surface area contributed by atoms with Crippen LogP contribution < -0.4 is 4.72 Å². The van der Waals surface area contributed by atoms with Gasteiger partial charge in [-0.05, 0) is 12.1 Å². The average molecular weight is 329 g/mol. The monoisotopic (exact) mass is 329 g/mol. The first-order chi connectivity index (χ1) is 10.0. The lowest BCUT2D eigenvalue weighted by atomic mass is 9.92. The van der Waals surface area contributed by atoms with Crippen molar-refractivity contribution in [3.8, 4) is 0 Å². The molecule has 1 heterocycles. The van der Waals surface area contributed by atoms with E-state index >= 15 is 0 Å². The Morgan fingerprint density at radius 3 is 2.32 bits per heavy atom. The van der Waals surface area contributed by atoms with Crippen LogP contribution in [0.3, 0.4) is 0 Å². The van der Waals surface area contributed by atoms with Crippen molar-refractivity contribution in [1.82, 2.24) is 9.78 Å². The van der Waals surface area contributed by atoms with Crippen LogP contribution in [0.2, 0.25) is 0 Å². The molecule has 1 aromatic carbocycles. The molecule has 0 spiro atoms. The summed E-state index contributed by atoms with van der Waals surface area (Å²) in [5.74, 6) is -1.79. The van der Waals surface area contributed by atoms with Crippen LogP contribution >= 0.6 is 0 Å². The summed E-state index contributed by atoms with van der Waals surface area (Å²) in [7, 11) is -2.59. The Morgan fingerprint density at radius 1 is 1.18 bits per heavy atom. The minimum Gasteiger partial charge on any atom is -0.263 e. The molecule has 22 heavy (non-hydrogen) atoms. The molecule has 0 bridgehead atoms. The van der Waals surface area contributed by atoms with Gasteiger partial charge in [-0.1, -0.05) is 20.8 Å². The normalized spacial score (nSPS) is 12.5. The van der Waals surface area contributed by atoms with Gasteiger partial charge in [0.05, 0.1) is 5.69 Å². The van der Waals surface area contributed by atoms with Crippen LogP contribution in [0.1, 0.15) is 26.5 Å². The lowest BCUT2D eigenvalue weighted by Gasteiger charge is -2.13. The summed E-state index contributed by atoms with van der Waals surface area (Å²) in [5.41, 5.74) is 0.426. The highest BCUT2D eigenvalue weighted by Gasteiger charge is 2.24. The highest BCUT2D eigenvalue weighted by molar-refractivity contribution is 7.92. The van der Waals surface area contributed by atoms with E-state index in [4.69, 9.17) is 0 Å². The second-order valence-electron chi connectivity index (χ2n) is 5.97. The van der Waals surface area contributed by atoms with Gasteiger partial charge in [-0.15, -0.1) is 0 Å². The van der Waals surface area contributed by atoms with Gasteiger partial charge in [-0.3, -0.25) is 9.40 Å². The Hall–Kier alpha value is -1.96. The molecule has 2 aromatic rings. The van der Waals surface area contributed by atoms with Gasteiger partial charge in [-0.2, -0.15) is 5.10 Å². The molecule has 0 radical (unpaired) electrons. The van der Waals surface area contributed by atoms with Gasteiger partial charge < -0.3 is 0 Å². The molecule has 0 fully saturated rings. The number of halogens is 2. The predicted octanol–water partition coefficient (Wildman–Crippen LogP) is 2.80. The van der Waals surface area contributed by atoms with E-state index in [1.807, 2.05) is 20.8 Å². The average Bonchev–Trinajstić information content (AvgIpc) is 2.69. The molecular formula is C14H17F2N3O2S. The smallest absolute Gasteiger partial charge is 0.263 e. The number of sulfonamides is 1. The summed E-state index contributed by atoms with van der Waals surface area (Å²) in [5, 5.41) is 4.23. The Kier molecular flexibility index (Phi) is 3.99. The molecular weight excluding hydrogens is 312 g/mol. The number of nitrogens with zero attached hydrogens (tertiary/aromatic N) is 2. The summed E-state index contributed by atoms with van der Waals surface area (Å²) in [6.45, 7) is 5.81. The Labute approximate surface area is 128 Å². The standard InChI is InChI=1S/C14H17F2N3O2S/c1-14(2,3)12-8-13(19(4)17-12)18-22(20,21)11-6-5-9(15)7-10(11)16/h5-8,18H,1-4H3. The fourth-order valence-corrected chi connectivity index (χ4v) is 2.95. The van der Waals surface area contributed by atoms with Crippen molar-refractivity contribution in [3.63, 3.8) is 0 Å². The summed E-state index contributed by atoms with van der Waals surface area (Å²) in [4.78, 5) is -0.618. The number of rotatable bonds is 3. The molecule has 0 aliphatic carbocycles. The first kappa shape index (κ1) is 16.4. The fourth-order valence-electron chi connectivity index (χ4n) is 1.82. The zero-order chi connectivity index (χ0) is 16.7. The number of nitrogens with one attached hydrogen (secondary N) is 1. The van der Waals surface area contributed by atoms with Crippen LogP contribution in [0.25, 0.3) is 0 Å². The third-order valence-corrected chi connectivity index (χ3v) is 4.46. The summed E-state index contributed by atoms with van der Waals surface area (Å²) >= 11 is 0. The lowest BCUT2D eigenvalue weighted by molar-refractivity contribution is 0.550. The molecule has 5 nitrogen and oxygen atoms in total. The third-order valence-electron chi connectivity index (χ3n) is 3.07. The minimum atomic E-state index is -4.17. The Morgan fingerprint density at radius 2 is 1.82 bits per heavy atom. The van der Waals surface area contributed by atoms with E-state index in [1.54, 1.807) is 13.1 Å². The van der Waals surface area contributed by atoms with Crippen molar-refractivity contribution in [2.75, 3.05) is 4.72 Å². The van der Waals surface area contributed by atoms with Crippen molar-refractivity contribution in [1.29, 1.82) is 0 Å². The van der Waals surface area contributed by atoms with E-state index in [2.05, 4.69) is 9.82 Å². The summed E-state index contributed by atoms with van der Waals surface area (Å²) in [6.07, 6.45) is 0. The maximum atomic E-state index is 13.7. The zero-order valence-electron chi connectivity index (χ0n) is 12.7. The molecule has 0 saturated heterocycles. The first-order valence-electron chi connectivity index (χ1n) is 6.53. The zero-order valence-corrected chi connectivity index (χ0v) is 13.5. The molecule has 1 N–H and O–H groups in total. The predicted molar refractivity (Wildman–Crippen MR) is 79.1 cm³/mol. The van der Waals surface area contributed by atoms with Gasteiger partial charge in [0.1, 0.15) is 22.3 Å². The van der Waals surface area contributed by atoms with Gasteiger partial charge in [0.25, 0.3) is 10.0 Å². The van der Waals surface area contributed by atoms with Crippen molar-refractivity contribution >= 4 is 15.8 Å². The van der Waals surface area contributed by atoms with E-state index in [-0.39, 0.29) is 11.2 Å². The van der Waals surface area contributed by atoms with Crippen molar-refractivity contribution in [2.45, 2.75) is 31.1 Å². The molecule has 8 heteroatoms. The van der Waals surface area contributed by atoms with Gasteiger partial charge in [0.2, 0.25) is 0 Å². The molecule has 0 amide bonds. The molecule has 120 valence electrons. The van der Waals surface area contributed by atoms with Crippen LogP contribution in [0.4, 0.5) is 14.6 Å². The van der Waals surface area contributed by atoms with Gasteiger partial charge in [0.15, 0.2) is 0 Å². The Bertz CT molecular complexity index is 808. The van der Waals surface area contributed by atoms with Crippen molar-refractivity contribution in [2.24, 2.45) is 7.05 Å². The van der Waals surface area contributed by atoms with Crippen molar-refractivity contribution < 1.29 is 17.2 Å². The van der Waals surface area contributed by atoms with Crippen LogP contribution in [-0.4, -0.2) is 18.2 Å².